The van der Waals surface area contributed by atoms with E-state index in [0.29, 0.717) is 17.1 Å². The summed E-state index contributed by atoms with van der Waals surface area (Å²) in [6, 6.07) is 3.30. The number of aryl methyl sites for hydroxylation is 2. The van der Waals surface area contributed by atoms with E-state index >= 15 is 0 Å². The Labute approximate surface area is 93.0 Å². The van der Waals surface area contributed by atoms with E-state index in [2.05, 4.69) is 10.1 Å². The molecule has 0 aromatic carbocycles. The van der Waals surface area contributed by atoms with Crippen LogP contribution in [0, 0.1) is 6.92 Å². The number of hydrogen-bond acceptors (Lipinski definition) is 4. The third kappa shape index (κ3) is 1.65. The predicted octanol–water partition coefficient (Wildman–Crippen LogP) is 0.988. The Hall–Kier alpha value is -1.88. The monoisotopic (exact) mass is 219 g/mol. The molecule has 0 saturated heterocycles. The molecule has 2 heterocycles. The average molecular weight is 219 g/mol. The number of aromatic nitrogens is 3. The van der Waals surface area contributed by atoms with E-state index in [1.165, 1.54) is 0 Å². The number of rotatable bonds is 2. The van der Waals surface area contributed by atoms with E-state index in [9.17, 15) is 10.2 Å². The second-order valence-corrected chi connectivity index (χ2v) is 3.59. The minimum atomic E-state index is -0.0898. The lowest BCUT2D eigenvalue weighted by molar-refractivity contribution is 0.271. The fourth-order valence-corrected chi connectivity index (χ4v) is 1.57. The average Bonchev–Trinajstić information content (AvgIpc) is 2.63. The summed E-state index contributed by atoms with van der Waals surface area (Å²) in [5.74, 6) is 0.165. The highest BCUT2D eigenvalue weighted by Gasteiger charge is 2.11. The Kier molecular flexibility index (Phi) is 2.62. The summed E-state index contributed by atoms with van der Waals surface area (Å²) in [4.78, 5) is 4.25. The number of nitrogens with zero attached hydrogens (tertiary/aromatic N) is 3. The summed E-state index contributed by atoms with van der Waals surface area (Å²) >= 11 is 0. The molecule has 0 radical (unpaired) electrons. The van der Waals surface area contributed by atoms with Crippen molar-refractivity contribution >= 4 is 0 Å². The molecule has 0 spiro atoms. The van der Waals surface area contributed by atoms with Crippen molar-refractivity contribution in [2.24, 2.45) is 7.05 Å². The van der Waals surface area contributed by atoms with Gasteiger partial charge >= 0.3 is 0 Å². The first-order valence-corrected chi connectivity index (χ1v) is 4.92. The van der Waals surface area contributed by atoms with Gasteiger partial charge in [-0.15, -0.1) is 0 Å². The van der Waals surface area contributed by atoms with Crippen LogP contribution in [0.25, 0.3) is 11.3 Å². The third-order valence-electron chi connectivity index (χ3n) is 2.55. The van der Waals surface area contributed by atoms with E-state index in [0.717, 1.165) is 5.56 Å². The van der Waals surface area contributed by atoms with Gasteiger partial charge in [0.25, 0.3) is 0 Å². The van der Waals surface area contributed by atoms with Crippen LogP contribution in [-0.2, 0) is 13.7 Å². The number of pyridine rings is 1. The highest BCUT2D eigenvalue weighted by Crippen LogP contribution is 2.24. The Bertz CT molecular complexity index is 520. The zero-order chi connectivity index (χ0) is 11.7. The van der Waals surface area contributed by atoms with Crippen LogP contribution in [-0.4, -0.2) is 25.0 Å². The molecule has 5 heteroatoms. The Morgan fingerprint density at radius 1 is 1.38 bits per heavy atom. The summed E-state index contributed by atoms with van der Waals surface area (Å²) in [6.07, 6.45) is 1.66. The van der Waals surface area contributed by atoms with E-state index in [4.69, 9.17) is 0 Å². The quantitative estimate of drug-likeness (QED) is 0.790. The molecule has 2 aromatic heterocycles. The lowest BCUT2D eigenvalue weighted by atomic mass is 10.1. The number of aliphatic hydroxyl groups excluding tert-OH is 1. The van der Waals surface area contributed by atoms with Crippen LogP contribution in [0.5, 0.6) is 5.75 Å². The summed E-state index contributed by atoms with van der Waals surface area (Å²) < 4.78 is 1.61. The van der Waals surface area contributed by atoms with Gasteiger partial charge in [0.1, 0.15) is 5.75 Å². The first-order chi connectivity index (χ1) is 7.63. The number of hydrogen-bond donors (Lipinski definition) is 2. The summed E-state index contributed by atoms with van der Waals surface area (Å²) in [6.45, 7) is 1.64. The summed E-state index contributed by atoms with van der Waals surface area (Å²) in [5, 5.41) is 22.7. The highest BCUT2D eigenvalue weighted by molar-refractivity contribution is 5.62. The largest absolute Gasteiger partial charge is 0.506 e. The van der Waals surface area contributed by atoms with Crippen LogP contribution in [0.3, 0.4) is 0 Å². The van der Waals surface area contributed by atoms with Gasteiger partial charge in [0, 0.05) is 12.6 Å². The van der Waals surface area contributed by atoms with Gasteiger partial charge in [-0.2, -0.15) is 5.10 Å². The van der Waals surface area contributed by atoms with Crippen molar-refractivity contribution in [1.29, 1.82) is 0 Å². The molecular formula is C11H13N3O2. The van der Waals surface area contributed by atoms with Gasteiger partial charge in [0.2, 0.25) is 0 Å². The summed E-state index contributed by atoms with van der Waals surface area (Å²) in [5.41, 5.74) is 2.75. The Morgan fingerprint density at radius 3 is 2.75 bits per heavy atom. The lowest BCUT2D eigenvalue weighted by Crippen LogP contribution is -1.99. The van der Waals surface area contributed by atoms with Crippen LogP contribution in [0.15, 0.2) is 18.3 Å². The van der Waals surface area contributed by atoms with Crippen molar-refractivity contribution in [3.05, 3.63) is 29.7 Å². The van der Waals surface area contributed by atoms with E-state index in [-0.39, 0.29) is 12.4 Å². The third-order valence-corrected chi connectivity index (χ3v) is 2.55. The van der Waals surface area contributed by atoms with Crippen molar-refractivity contribution in [3.63, 3.8) is 0 Å². The second-order valence-electron chi connectivity index (χ2n) is 3.59. The van der Waals surface area contributed by atoms with Gasteiger partial charge in [0.05, 0.1) is 29.9 Å². The lowest BCUT2D eigenvalue weighted by Gasteiger charge is -2.04. The van der Waals surface area contributed by atoms with Crippen LogP contribution in [0.2, 0.25) is 0 Å². The molecule has 0 atom stereocenters. The first kappa shape index (κ1) is 10.6. The summed E-state index contributed by atoms with van der Waals surface area (Å²) in [7, 11) is 1.77. The molecule has 0 saturated carbocycles. The van der Waals surface area contributed by atoms with E-state index in [1.807, 2.05) is 0 Å². The van der Waals surface area contributed by atoms with Crippen molar-refractivity contribution < 1.29 is 10.2 Å². The van der Waals surface area contributed by atoms with Gasteiger partial charge in [0.15, 0.2) is 0 Å². The van der Waals surface area contributed by atoms with Crippen molar-refractivity contribution in [1.82, 2.24) is 14.8 Å². The minimum Gasteiger partial charge on any atom is -0.506 e. The van der Waals surface area contributed by atoms with Gasteiger partial charge in [-0.1, -0.05) is 0 Å². The molecule has 5 nitrogen and oxygen atoms in total. The number of aliphatic hydroxyl groups is 1. The van der Waals surface area contributed by atoms with Gasteiger partial charge in [-0.25, -0.2) is 4.98 Å². The van der Waals surface area contributed by atoms with Crippen LogP contribution in [0.4, 0.5) is 0 Å². The highest BCUT2D eigenvalue weighted by atomic mass is 16.3. The Balaban J connectivity index is 2.54. The molecule has 0 bridgehead atoms. The molecular weight excluding hydrogens is 206 g/mol. The van der Waals surface area contributed by atoms with Gasteiger partial charge in [-0.05, 0) is 19.1 Å². The standard InChI is InChI=1S/C11H13N3O2/c1-7-11(16)4-3-9(13-7)8-5-12-14(2)10(8)6-15/h3-5,15-16H,6H2,1-2H3. The van der Waals surface area contributed by atoms with E-state index < -0.39 is 0 Å². The van der Waals surface area contributed by atoms with Crippen LogP contribution >= 0.6 is 0 Å². The van der Waals surface area contributed by atoms with Gasteiger partial charge < -0.3 is 10.2 Å². The topological polar surface area (TPSA) is 71.2 Å². The second kappa shape index (κ2) is 3.94. The normalized spacial score (nSPS) is 10.7. The van der Waals surface area contributed by atoms with Crippen molar-refractivity contribution in [3.8, 4) is 17.0 Å². The van der Waals surface area contributed by atoms with Gasteiger partial charge in [-0.3, -0.25) is 4.68 Å². The maximum absolute atomic E-state index is 9.39. The molecule has 16 heavy (non-hydrogen) atoms. The molecule has 2 N–H and O–H groups in total. The molecule has 2 aromatic rings. The molecule has 84 valence electrons. The minimum absolute atomic E-state index is 0.0898. The zero-order valence-electron chi connectivity index (χ0n) is 9.18. The fraction of sp³-hybridized carbons (Fsp3) is 0.273. The van der Waals surface area contributed by atoms with Crippen LogP contribution in [0.1, 0.15) is 11.4 Å². The smallest absolute Gasteiger partial charge is 0.136 e. The molecule has 0 aliphatic rings. The number of aromatic hydroxyl groups is 1. The predicted molar refractivity (Wildman–Crippen MR) is 58.8 cm³/mol. The SMILES string of the molecule is Cc1nc(-c2cnn(C)c2CO)ccc1O. The fourth-order valence-electron chi connectivity index (χ4n) is 1.57. The van der Waals surface area contributed by atoms with Crippen LogP contribution < -0.4 is 0 Å². The maximum Gasteiger partial charge on any atom is 0.136 e. The Morgan fingerprint density at radius 2 is 2.12 bits per heavy atom. The molecule has 0 fully saturated rings. The molecule has 0 aliphatic heterocycles. The van der Waals surface area contributed by atoms with Crippen molar-refractivity contribution in [2.75, 3.05) is 0 Å². The van der Waals surface area contributed by atoms with E-state index in [1.54, 1.807) is 37.0 Å². The zero-order valence-corrected chi connectivity index (χ0v) is 9.18. The molecule has 0 aliphatic carbocycles. The molecule has 0 unspecified atom stereocenters. The maximum atomic E-state index is 9.39. The van der Waals surface area contributed by atoms with Crippen molar-refractivity contribution in [2.45, 2.75) is 13.5 Å². The molecule has 0 amide bonds. The molecule has 2 rings (SSSR count). The first-order valence-electron chi connectivity index (χ1n) is 4.92.